The van der Waals surface area contributed by atoms with E-state index in [0.717, 1.165) is 19.4 Å². The number of hydrogen-bond acceptors (Lipinski definition) is 4. The van der Waals surface area contributed by atoms with Crippen molar-refractivity contribution in [3.63, 3.8) is 0 Å². The van der Waals surface area contributed by atoms with Gasteiger partial charge in [0.15, 0.2) is 0 Å². The first-order chi connectivity index (χ1) is 9.97. The molecule has 7 nitrogen and oxygen atoms in total. The third kappa shape index (κ3) is 3.79. The number of nitrogens with two attached hydrogens (primary N) is 2. The molecule has 1 aromatic carbocycles. The summed E-state index contributed by atoms with van der Waals surface area (Å²) in [6.07, 6.45) is 1.74. The van der Waals surface area contributed by atoms with E-state index < -0.39 is 11.8 Å². The molecule has 1 aromatic rings. The lowest BCUT2D eigenvalue weighted by Crippen LogP contribution is -2.37. The van der Waals surface area contributed by atoms with Gasteiger partial charge < -0.3 is 22.1 Å². The second-order valence-electron chi connectivity index (χ2n) is 5.06. The highest BCUT2D eigenvalue weighted by atomic mass is 16.2. The van der Waals surface area contributed by atoms with Gasteiger partial charge in [0.2, 0.25) is 17.7 Å². The average Bonchev–Trinajstić information content (AvgIpc) is 2.47. The quantitative estimate of drug-likeness (QED) is 0.613. The minimum Gasteiger partial charge on any atom is -0.366 e. The number of primary amides is 2. The molecule has 2 rings (SSSR count). The van der Waals surface area contributed by atoms with Gasteiger partial charge in [0.1, 0.15) is 0 Å². The van der Waals surface area contributed by atoms with Crippen LogP contribution in [0.15, 0.2) is 18.2 Å². The minimum absolute atomic E-state index is 0.128. The fourth-order valence-corrected chi connectivity index (χ4v) is 2.30. The number of rotatable bonds is 4. The molecular formula is C14H18N4O3. The van der Waals surface area contributed by atoms with E-state index >= 15 is 0 Å². The normalized spacial score (nSPS) is 18.0. The van der Waals surface area contributed by atoms with Gasteiger partial charge in [-0.3, -0.25) is 14.4 Å². The predicted octanol–water partition coefficient (Wildman–Crippen LogP) is -0.177. The molecule has 0 saturated carbocycles. The lowest BCUT2D eigenvalue weighted by Gasteiger charge is -2.22. The standard InChI is InChI=1S/C14H18N4O3/c15-12(19)9-4-10(13(16)20)6-11(5-9)18-14(21)8-2-1-3-17-7-8/h4-6,8,17H,1-3,7H2,(H2,15,19)(H2,16,20)(H,18,21)/t8-/m0/s1. The van der Waals surface area contributed by atoms with Gasteiger partial charge in [0, 0.05) is 23.4 Å². The van der Waals surface area contributed by atoms with Crippen LogP contribution in [0.25, 0.3) is 0 Å². The first kappa shape index (κ1) is 15.0. The van der Waals surface area contributed by atoms with Gasteiger partial charge in [0.05, 0.1) is 5.92 Å². The van der Waals surface area contributed by atoms with Gasteiger partial charge in [0.25, 0.3) is 0 Å². The fraction of sp³-hybridized carbons (Fsp3) is 0.357. The maximum atomic E-state index is 12.1. The Morgan fingerprint density at radius 1 is 1.10 bits per heavy atom. The summed E-state index contributed by atoms with van der Waals surface area (Å²) < 4.78 is 0. The van der Waals surface area contributed by atoms with Gasteiger partial charge in [-0.05, 0) is 37.6 Å². The van der Waals surface area contributed by atoms with Crippen molar-refractivity contribution in [3.05, 3.63) is 29.3 Å². The van der Waals surface area contributed by atoms with E-state index in [4.69, 9.17) is 11.5 Å². The predicted molar refractivity (Wildman–Crippen MR) is 77.7 cm³/mol. The number of carbonyl (C=O) groups is 3. The van der Waals surface area contributed by atoms with Crippen molar-refractivity contribution in [1.29, 1.82) is 0 Å². The van der Waals surface area contributed by atoms with E-state index in [9.17, 15) is 14.4 Å². The molecule has 112 valence electrons. The Labute approximate surface area is 122 Å². The summed E-state index contributed by atoms with van der Waals surface area (Å²) in [6.45, 7) is 1.52. The van der Waals surface area contributed by atoms with Crippen LogP contribution < -0.4 is 22.1 Å². The summed E-state index contributed by atoms with van der Waals surface area (Å²) in [5, 5.41) is 5.86. The van der Waals surface area contributed by atoms with Crippen LogP contribution in [0, 0.1) is 5.92 Å². The first-order valence-electron chi connectivity index (χ1n) is 6.73. The molecule has 1 atom stereocenters. The van der Waals surface area contributed by atoms with E-state index in [1.165, 1.54) is 18.2 Å². The Bertz CT molecular complexity index is 547. The molecule has 0 radical (unpaired) electrons. The molecule has 0 aromatic heterocycles. The number of benzene rings is 1. The third-order valence-corrected chi connectivity index (χ3v) is 3.44. The molecule has 1 heterocycles. The molecule has 3 amide bonds. The summed E-state index contributed by atoms with van der Waals surface area (Å²) in [6, 6.07) is 4.17. The van der Waals surface area contributed by atoms with Crippen LogP contribution >= 0.6 is 0 Å². The Balaban J connectivity index is 2.20. The summed E-state index contributed by atoms with van der Waals surface area (Å²) >= 11 is 0. The Morgan fingerprint density at radius 2 is 1.71 bits per heavy atom. The highest BCUT2D eigenvalue weighted by Crippen LogP contribution is 2.18. The van der Waals surface area contributed by atoms with Crippen LogP contribution in [0.4, 0.5) is 5.69 Å². The zero-order chi connectivity index (χ0) is 15.4. The number of amides is 3. The van der Waals surface area contributed by atoms with E-state index in [-0.39, 0.29) is 23.0 Å². The summed E-state index contributed by atoms with van der Waals surface area (Å²) in [4.78, 5) is 34.7. The maximum absolute atomic E-state index is 12.1. The zero-order valence-electron chi connectivity index (χ0n) is 11.5. The van der Waals surface area contributed by atoms with Gasteiger partial charge >= 0.3 is 0 Å². The smallest absolute Gasteiger partial charge is 0.248 e. The molecule has 7 heteroatoms. The highest BCUT2D eigenvalue weighted by molar-refractivity contribution is 6.02. The van der Waals surface area contributed by atoms with Crippen molar-refractivity contribution in [2.45, 2.75) is 12.8 Å². The summed E-state index contributed by atoms with van der Waals surface area (Å²) in [5.74, 6) is -1.66. The van der Waals surface area contributed by atoms with Crippen LogP contribution in [0.1, 0.15) is 33.6 Å². The Hall–Kier alpha value is -2.41. The third-order valence-electron chi connectivity index (χ3n) is 3.44. The zero-order valence-corrected chi connectivity index (χ0v) is 11.5. The van der Waals surface area contributed by atoms with E-state index in [1.54, 1.807) is 0 Å². The van der Waals surface area contributed by atoms with Gasteiger partial charge in [-0.15, -0.1) is 0 Å². The van der Waals surface area contributed by atoms with Gasteiger partial charge in [-0.2, -0.15) is 0 Å². The van der Waals surface area contributed by atoms with Crippen molar-refractivity contribution < 1.29 is 14.4 Å². The largest absolute Gasteiger partial charge is 0.366 e. The molecule has 0 bridgehead atoms. The average molecular weight is 290 g/mol. The van der Waals surface area contributed by atoms with E-state index in [1.807, 2.05) is 0 Å². The molecule has 6 N–H and O–H groups in total. The minimum atomic E-state index is -0.687. The molecule has 1 aliphatic heterocycles. The molecular weight excluding hydrogens is 272 g/mol. The maximum Gasteiger partial charge on any atom is 0.248 e. The number of anilines is 1. The van der Waals surface area contributed by atoms with Crippen molar-refractivity contribution in [2.24, 2.45) is 17.4 Å². The van der Waals surface area contributed by atoms with Gasteiger partial charge in [-0.25, -0.2) is 0 Å². The Morgan fingerprint density at radius 3 is 2.19 bits per heavy atom. The number of piperidine rings is 1. The van der Waals surface area contributed by atoms with Crippen molar-refractivity contribution >= 4 is 23.4 Å². The van der Waals surface area contributed by atoms with Crippen molar-refractivity contribution in [1.82, 2.24) is 5.32 Å². The van der Waals surface area contributed by atoms with Crippen LogP contribution in [0.3, 0.4) is 0 Å². The lowest BCUT2D eigenvalue weighted by molar-refractivity contribution is -0.120. The second-order valence-corrected chi connectivity index (χ2v) is 5.06. The van der Waals surface area contributed by atoms with Crippen molar-refractivity contribution in [2.75, 3.05) is 18.4 Å². The molecule has 1 saturated heterocycles. The number of hydrogen-bond donors (Lipinski definition) is 4. The molecule has 1 fully saturated rings. The topological polar surface area (TPSA) is 127 Å². The van der Waals surface area contributed by atoms with Crippen LogP contribution in [-0.4, -0.2) is 30.8 Å². The first-order valence-corrected chi connectivity index (χ1v) is 6.73. The monoisotopic (exact) mass is 290 g/mol. The van der Waals surface area contributed by atoms with Crippen LogP contribution in [-0.2, 0) is 4.79 Å². The fourth-order valence-electron chi connectivity index (χ4n) is 2.30. The summed E-state index contributed by atoms with van der Waals surface area (Å²) in [5.41, 5.74) is 11.0. The van der Waals surface area contributed by atoms with Crippen molar-refractivity contribution in [3.8, 4) is 0 Å². The molecule has 0 unspecified atom stereocenters. The van der Waals surface area contributed by atoms with E-state index in [0.29, 0.717) is 12.2 Å². The highest BCUT2D eigenvalue weighted by Gasteiger charge is 2.21. The summed E-state index contributed by atoms with van der Waals surface area (Å²) in [7, 11) is 0. The lowest BCUT2D eigenvalue weighted by atomic mass is 9.98. The van der Waals surface area contributed by atoms with Gasteiger partial charge in [-0.1, -0.05) is 0 Å². The molecule has 21 heavy (non-hydrogen) atoms. The van der Waals surface area contributed by atoms with E-state index in [2.05, 4.69) is 10.6 Å². The molecule has 0 spiro atoms. The number of nitrogens with one attached hydrogen (secondary N) is 2. The molecule has 0 aliphatic carbocycles. The number of carbonyl (C=O) groups excluding carboxylic acids is 3. The Kier molecular flexibility index (Phi) is 4.54. The SMILES string of the molecule is NC(=O)c1cc(NC(=O)[C@H]2CCCNC2)cc(C(N)=O)c1. The molecule has 1 aliphatic rings. The second kappa shape index (κ2) is 6.36. The van der Waals surface area contributed by atoms with Crippen LogP contribution in [0.2, 0.25) is 0 Å². The van der Waals surface area contributed by atoms with Crippen LogP contribution in [0.5, 0.6) is 0 Å².